The number of halogens is 2. The van der Waals surface area contributed by atoms with Crippen LogP contribution >= 0.6 is 34.2 Å². The summed E-state index contributed by atoms with van der Waals surface area (Å²) in [5, 5.41) is 0.394. The standard InChI is InChI=1S/C12H10ClIN2O2S/c13-8-5-6-12(10(15)7-8)19(17,18)16-11-4-2-1-3-9(11)14/h1-7,16H,15H2. The summed E-state index contributed by atoms with van der Waals surface area (Å²) in [5.41, 5.74) is 6.32. The fourth-order valence-corrected chi connectivity index (χ4v) is 3.59. The summed E-state index contributed by atoms with van der Waals surface area (Å²) in [6.07, 6.45) is 0. The van der Waals surface area contributed by atoms with E-state index >= 15 is 0 Å². The third kappa shape index (κ3) is 3.31. The molecule has 2 aromatic carbocycles. The van der Waals surface area contributed by atoms with Crippen molar-refractivity contribution in [3.8, 4) is 0 Å². The minimum atomic E-state index is -3.72. The highest BCUT2D eigenvalue weighted by Crippen LogP contribution is 2.26. The van der Waals surface area contributed by atoms with E-state index in [1.807, 2.05) is 12.1 Å². The quantitative estimate of drug-likeness (QED) is 0.604. The molecule has 0 heterocycles. The van der Waals surface area contributed by atoms with Crippen LogP contribution in [0.2, 0.25) is 5.02 Å². The summed E-state index contributed by atoms with van der Waals surface area (Å²) >= 11 is 7.81. The third-order valence-corrected chi connectivity index (χ3v) is 4.99. The zero-order chi connectivity index (χ0) is 14.0. The Morgan fingerprint density at radius 1 is 1.16 bits per heavy atom. The molecule has 2 aromatic rings. The maximum Gasteiger partial charge on any atom is 0.263 e. The fourth-order valence-electron chi connectivity index (χ4n) is 1.51. The highest BCUT2D eigenvalue weighted by molar-refractivity contribution is 14.1. The molecule has 0 atom stereocenters. The Kier molecular flexibility index (Phi) is 4.22. The second kappa shape index (κ2) is 5.56. The van der Waals surface area contributed by atoms with Gasteiger partial charge in [0.05, 0.1) is 11.4 Å². The molecule has 0 bridgehead atoms. The Bertz CT molecular complexity index is 719. The van der Waals surface area contributed by atoms with Crippen molar-refractivity contribution in [3.63, 3.8) is 0 Å². The fraction of sp³-hybridized carbons (Fsp3) is 0. The van der Waals surface area contributed by atoms with Gasteiger partial charge in [-0.15, -0.1) is 0 Å². The summed E-state index contributed by atoms with van der Waals surface area (Å²) in [5.74, 6) is 0. The maximum absolute atomic E-state index is 12.2. The molecule has 0 spiro atoms. The maximum atomic E-state index is 12.2. The van der Waals surface area contributed by atoms with E-state index in [2.05, 4.69) is 27.3 Å². The van der Waals surface area contributed by atoms with Gasteiger partial charge in [0, 0.05) is 8.59 Å². The average Bonchev–Trinajstić information content (AvgIpc) is 2.31. The number of nitrogens with one attached hydrogen (secondary N) is 1. The molecule has 0 aromatic heterocycles. The molecule has 0 aliphatic heterocycles. The van der Waals surface area contributed by atoms with Gasteiger partial charge in [-0.05, 0) is 52.9 Å². The molecule has 7 heteroatoms. The molecule has 2 rings (SSSR count). The third-order valence-electron chi connectivity index (χ3n) is 2.38. The van der Waals surface area contributed by atoms with E-state index in [-0.39, 0.29) is 10.6 Å². The smallest absolute Gasteiger partial charge is 0.263 e. The second-order valence-corrected chi connectivity index (χ2v) is 7.02. The van der Waals surface area contributed by atoms with Crippen LogP contribution in [0.5, 0.6) is 0 Å². The van der Waals surface area contributed by atoms with E-state index in [0.717, 1.165) is 3.57 Å². The first kappa shape index (κ1) is 14.4. The van der Waals surface area contributed by atoms with Crippen LogP contribution < -0.4 is 10.5 Å². The molecule has 0 amide bonds. The number of para-hydroxylation sites is 1. The molecule has 4 nitrogen and oxygen atoms in total. The van der Waals surface area contributed by atoms with Gasteiger partial charge >= 0.3 is 0 Å². The van der Waals surface area contributed by atoms with Gasteiger partial charge < -0.3 is 5.73 Å². The van der Waals surface area contributed by atoms with E-state index in [4.69, 9.17) is 17.3 Å². The summed E-state index contributed by atoms with van der Waals surface area (Å²) in [6.45, 7) is 0. The van der Waals surface area contributed by atoms with Crippen LogP contribution in [0, 0.1) is 3.57 Å². The molecule has 0 radical (unpaired) electrons. The van der Waals surface area contributed by atoms with Crippen LogP contribution in [0.1, 0.15) is 0 Å². The van der Waals surface area contributed by atoms with Gasteiger partial charge in [-0.25, -0.2) is 8.42 Å². The number of nitrogens with two attached hydrogens (primary N) is 1. The van der Waals surface area contributed by atoms with Gasteiger partial charge in [-0.2, -0.15) is 0 Å². The average molecular weight is 409 g/mol. The Morgan fingerprint density at radius 2 is 1.84 bits per heavy atom. The monoisotopic (exact) mass is 408 g/mol. The summed E-state index contributed by atoms with van der Waals surface area (Å²) < 4.78 is 27.8. The normalized spacial score (nSPS) is 11.3. The van der Waals surface area contributed by atoms with E-state index in [1.165, 1.54) is 18.2 Å². The molecule has 0 unspecified atom stereocenters. The van der Waals surface area contributed by atoms with Crippen molar-refractivity contribution in [3.05, 3.63) is 51.1 Å². The van der Waals surface area contributed by atoms with Crippen LogP contribution in [-0.2, 0) is 10.0 Å². The first-order valence-corrected chi connectivity index (χ1v) is 8.16. The highest BCUT2D eigenvalue weighted by atomic mass is 127. The van der Waals surface area contributed by atoms with E-state index < -0.39 is 10.0 Å². The van der Waals surface area contributed by atoms with Crippen molar-refractivity contribution >= 4 is 55.6 Å². The predicted molar refractivity (Wildman–Crippen MR) is 85.8 cm³/mol. The van der Waals surface area contributed by atoms with Crippen molar-refractivity contribution in [2.45, 2.75) is 4.90 Å². The van der Waals surface area contributed by atoms with Gasteiger partial charge in [0.2, 0.25) is 0 Å². The molecule has 3 N–H and O–H groups in total. The predicted octanol–water partition coefficient (Wildman–Crippen LogP) is 3.33. The lowest BCUT2D eigenvalue weighted by molar-refractivity contribution is 0.601. The lowest BCUT2D eigenvalue weighted by Crippen LogP contribution is -2.15. The topological polar surface area (TPSA) is 72.2 Å². The molecular formula is C12H10ClIN2O2S. The number of hydrogen-bond acceptors (Lipinski definition) is 3. The Morgan fingerprint density at radius 3 is 2.47 bits per heavy atom. The minimum Gasteiger partial charge on any atom is -0.398 e. The molecule has 0 aliphatic rings. The molecule has 0 aliphatic carbocycles. The highest BCUT2D eigenvalue weighted by Gasteiger charge is 2.18. The zero-order valence-corrected chi connectivity index (χ0v) is 13.3. The zero-order valence-electron chi connectivity index (χ0n) is 9.60. The van der Waals surface area contributed by atoms with Gasteiger partial charge in [0.25, 0.3) is 10.0 Å². The number of benzene rings is 2. The van der Waals surface area contributed by atoms with Gasteiger partial charge in [-0.1, -0.05) is 23.7 Å². The number of sulfonamides is 1. The molecule has 100 valence electrons. The van der Waals surface area contributed by atoms with Crippen molar-refractivity contribution in [1.82, 2.24) is 0 Å². The van der Waals surface area contributed by atoms with E-state index in [0.29, 0.717) is 10.7 Å². The van der Waals surface area contributed by atoms with Crippen molar-refractivity contribution in [2.75, 3.05) is 10.5 Å². The number of rotatable bonds is 3. The Balaban J connectivity index is 2.41. The molecule has 0 fully saturated rings. The lowest BCUT2D eigenvalue weighted by Gasteiger charge is -2.11. The van der Waals surface area contributed by atoms with Crippen LogP contribution in [0.3, 0.4) is 0 Å². The lowest BCUT2D eigenvalue weighted by atomic mass is 10.3. The first-order chi connectivity index (χ1) is 8.90. The second-order valence-electron chi connectivity index (χ2n) is 3.77. The SMILES string of the molecule is Nc1cc(Cl)ccc1S(=O)(=O)Nc1ccccc1I. The van der Waals surface area contributed by atoms with Gasteiger partial charge in [-0.3, -0.25) is 4.72 Å². The number of nitrogen functional groups attached to an aromatic ring is 1. The Labute approximate surface area is 130 Å². The summed E-state index contributed by atoms with van der Waals surface area (Å²) in [7, 11) is -3.72. The molecule has 0 saturated heterocycles. The molecule has 0 saturated carbocycles. The van der Waals surface area contributed by atoms with Crippen molar-refractivity contribution < 1.29 is 8.42 Å². The van der Waals surface area contributed by atoms with Crippen LogP contribution in [0.15, 0.2) is 47.4 Å². The van der Waals surface area contributed by atoms with Gasteiger partial charge in [0.1, 0.15) is 4.90 Å². The van der Waals surface area contributed by atoms with Crippen LogP contribution in [0.4, 0.5) is 11.4 Å². The van der Waals surface area contributed by atoms with Crippen molar-refractivity contribution in [2.24, 2.45) is 0 Å². The van der Waals surface area contributed by atoms with Crippen LogP contribution in [-0.4, -0.2) is 8.42 Å². The van der Waals surface area contributed by atoms with Crippen molar-refractivity contribution in [1.29, 1.82) is 0 Å². The number of anilines is 2. The molecular weight excluding hydrogens is 399 g/mol. The number of hydrogen-bond donors (Lipinski definition) is 2. The Hall–Kier alpha value is -0.990. The molecule has 19 heavy (non-hydrogen) atoms. The first-order valence-electron chi connectivity index (χ1n) is 5.22. The van der Waals surface area contributed by atoms with Gasteiger partial charge in [0.15, 0.2) is 0 Å². The minimum absolute atomic E-state index is 0.0107. The van der Waals surface area contributed by atoms with E-state index in [1.54, 1.807) is 12.1 Å². The summed E-state index contributed by atoms with van der Waals surface area (Å²) in [4.78, 5) is 0.0107. The largest absolute Gasteiger partial charge is 0.398 e. The van der Waals surface area contributed by atoms with E-state index in [9.17, 15) is 8.42 Å². The summed E-state index contributed by atoms with van der Waals surface area (Å²) in [6, 6.07) is 11.4. The van der Waals surface area contributed by atoms with Crippen LogP contribution in [0.25, 0.3) is 0 Å².